The number of aryl methyl sites for hydroxylation is 1. The van der Waals surface area contributed by atoms with E-state index in [1.165, 1.54) is 19.2 Å². The van der Waals surface area contributed by atoms with Crippen molar-refractivity contribution < 1.29 is 22.4 Å². The Morgan fingerprint density at radius 3 is 2.54 bits per heavy atom. The van der Waals surface area contributed by atoms with Crippen LogP contribution in [0.25, 0.3) is 5.57 Å². The largest absolute Gasteiger partial charge is 0.435 e. The molecule has 10 heteroatoms. The Balaban J connectivity index is 1.97. The number of hydrogen-bond donors (Lipinski definition) is 1. The van der Waals surface area contributed by atoms with E-state index in [0.29, 0.717) is 10.6 Å². The first-order valence-electron chi connectivity index (χ1n) is 7.94. The van der Waals surface area contributed by atoms with Crippen molar-refractivity contribution in [2.75, 3.05) is 0 Å². The van der Waals surface area contributed by atoms with Crippen LogP contribution < -0.4 is 5.32 Å². The standard InChI is InChI=1S/C18H13Cl2F4N3O/c1-27-9-13(15(26-27)18(22,23)24)16(28)25-14-12(3-2-8-17(14,20)21)10-4-6-11(19)7-5-10/h2-9,14H,1H3,(H,25,28). The quantitative estimate of drug-likeness (QED) is 0.560. The second-order valence-corrected chi connectivity index (χ2v) is 7.15. The van der Waals surface area contributed by atoms with Crippen molar-refractivity contribution >= 4 is 34.7 Å². The van der Waals surface area contributed by atoms with Crippen molar-refractivity contribution in [1.29, 1.82) is 0 Å². The van der Waals surface area contributed by atoms with Gasteiger partial charge in [0.15, 0.2) is 5.69 Å². The molecule has 0 fully saturated rings. The molecule has 1 amide bonds. The van der Waals surface area contributed by atoms with Crippen molar-refractivity contribution in [3.05, 3.63) is 70.5 Å². The van der Waals surface area contributed by atoms with Crippen molar-refractivity contribution in [2.45, 2.75) is 17.3 Å². The fourth-order valence-corrected chi connectivity index (χ4v) is 3.20. The highest BCUT2D eigenvalue weighted by Gasteiger charge is 2.43. The predicted octanol–water partition coefficient (Wildman–Crippen LogP) is 4.75. The molecule has 28 heavy (non-hydrogen) atoms. The number of benzene rings is 1. The summed E-state index contributed by atoms with van der Waals surface area (Å²) in [6, 6.07) is 4.86. The first kappa shape index (κ1) is 20.4. The summed E-state index contributed by atoms with van der Waals surface area (Å²) in [4.78, 5) is 12.6. The molecule has 2 atom stereocenters. The van der Waals surface area contributed by atoms with Crippen molar-refractivity contribution in [1.82, 2.24) is 15.1 Å². The molecule has 148 valence electrons. The monoisotopic (exact) mass is 433 g/mol. The van der Waals surface area contributed by atoms with E-state index < -0.39 is 34.5 Å². The van der Waals surface area contributed by atoms with Crippen LogP contribution in [-0.2, 0) is 13.2 Å². The third-order valence-corrected chi connectivity index (χ3v) is 4.68. The zero-order valence-corrected chi connectivity index (χ0v) is 15.8. The Hall–Kier alpha value is -2.32. The van der Waals surface area contributed by atoms with Gasteiger partial charge in [0.2, 0.25) is 5.13 Å². The summed E-state index contributed by atoms with van der Waals surface area (Å²) in [6.07, 6.45) is -0.0420. The van der Waals surface area contributed by atoms with E-state index >= 15 is 0 Å². The van der Waals surface area contributed by atoms with Crippen LogP contribution >= 0.6 is 23.2 Å². The third-order valence-electron chi connectivity index (χ3n) is 4.09. The van der Waals surface area contributed by atoms with Gasteiger partial charge in [0.25, 0.3) is 5.91 Å². The average Bonchev–Trinajstić information content (AvgIpc) is 2.99. The van der Waals surface area contributed by atoms with Crippen LogP contribution in [0, 0.1) is 0 Å². The maximum atomic E-state index is 14.9. The van der Waals surface area contributed by atoms with Gasteiger partial charge >= 0.3 is 6.18 Å². The van der Waals surface area contributed by atoms with Crippen LogP contribution in [0.1, 0.15) is 21.6 Å². The summed E-state index contributed by atoms with van der Waals surface area (Å²) in [7, 11) is 1.25. The first-order chi connectivity index (χ1) is 13.0. The number of rotatable bonds is 3. The normalized spacial score (nSPS) is 22.1. The van der Waals surface area contributed by atoms with Crippen LogP contribution in [0.5, 0.6) is 0 Å². The fourth-order valence-electron chi connectivity index (χ4n) is 2.83. The fraction of sp³-hybridized carbons (Fsp3) is 0.222. The van der Waals surface area contributed by atoms with Gasteiger partial charge in [-0.1, -0.05) is 47.5 Å². The molecule has 0 radical (unpaired) electrons. The molecule has 0 aliphatic heterocycles. The zero-order chi connectivity index (χ0) is 20.7. The maximum absolute atomic E-state index is 14.9. The SMILES string of the molecule is Cn1cc(C(=O)NC2C(c3ccc(Cl)cc3)=CC=CC2(F)Cl)c(C(F)(F)F)n1. The molecule has 0 saturated carbocycles. The molecule has 0 spiro atoms. The van der Waals surface area contributed by atoms with Gasteiger partial charge in [-0.05, 0) is 29.3 Å². The minimum atomic E-state index is -4.84. The molecule has 0 bridgehead atoms. The molecule has 4 nitrogen and oxygen atoms in total. The maximum Gasteiger partial charge on any atom is 0.435 e. The van der Waals surface area contributed by atoms with Gasteiger partial charge in [0.05, 0.1) is 5.56 Å². The number of aromatic nitrogens is 2. The highest BCUT2D eigenvalue weighted by Crippen LogP contribution is 2.37. The highest BCUT2D eigenvalue weighted by atomic mass is 35.5. The molecule has 2 unspecified atom stereocenters. The van der Waals surface area contributed by atoms with Crippen molar-refractivity contribution in [3.63, 3.8) is 0 Å². The lowest BCUT2D eigenvalue weighted by molar-refractivity contribution is -0.141. The number of amides is 1. The molecule has 1 heterocycles. The van der Waals surface area contributed by atoms with Gasteiger partial charge in [-0.3, -0.25) is 9.48 Å². The molecular formula is C18H13Cl2F4N3O. The van der Waals surface area contributed by atoms with E-state index in [9.17, 15) is 22.4 Å². The third kappa shape index (κ3) is 4.07. The van der Waals surface area contributed by atoms with Gasteiger partial charge in [-0.25, -0.2) is 4.39 Å². The van der Waals surface area contributed by atoms with Gasteiger partial charge in [-0.15, -0.1) is 0 Å². The zero-order valence-electron chi connectivity index (χ0n) is 14.3. The van der Waals surface area contributed by atoms with E-state index in [1.807, 2.05) is 0 Å². The summed E-state index contributed by atoms with van der Waals surface area (Å²) in [5.74, 6) is -1.15. The predicted molar refractivity (Wildman–Crippen MR) is 97.7 cm³/mol. The molecule has 1 aromatic heterocycles. The number of allylic oxidation sites excluding steroid dienone is 2. The molecular weight excluding hydrogens is 421 g/mol. The molecule has 1 aliphatic carbocycles. The van der Waals surface area contributed by atoms with Crippen LogP contribution in [0.3, 0.4) is 0 Å². The molecule has 1 aromatic carbocycles. The molecule has 1 aliphatic rings. The minimum Gasteiger partial charge on any atom is -0.340 e. The summed E-state index contributed by atoms with van der Waals surface area (Å²) < 4.78 is 55.2. The van der Waals surface area contributed by atoms with E-state index in [2.05, 4.69) is 10.4 Å². The Morgan fingerprint density at radius 2 is 1.93 bits per heavy atom. The lowest BCUT2D eigenvalue weighted by atomic mass is 9.90. The Morgan fingerprint density at radius 1 is 1.29 bits per heavy atom. The number of halogens is 6. The molecule has 3 rings (SSSR count). The summed E-state index contributed by atoms with van der Waals surface area (Å²) in [5.41, 5.74) is -1.31. The van der Waals surface area contributed by atoms with Crippen LogP contribution in [0.2, 0.25) is 5.02 Å². The molecule has 2 aromatic rings. The lowest BCUT2D eigenvalue weighted by Crippen LogP contribution is -2.48. The van der Waals surface area contributed by atoms with Gasteiger partial charge in [0, 0.05) is 18.3 Å². The average molecular weight is 434 g/mol. The van der Waals surface area contributed by atoms with Crippen LogP contribution in [-0.4, -0.2) is 26.9 Å². The summed E-state index contributed by atoms with van der Waals surface area (Å²) in [6.45, 7) is 0. The Bertz CT molecular complexity index is 962. The number of carbonyl (C=O) groups excluding carboxylic acids is 1. The number of nitrogens with one attached hydrogen (secondary N) is 1. The Labute approximate surface area is 167 Å². The van der Waals surface area contributed by atoms with E-state index in [4.69, 9.17) is 23.2 Å². The smallest absolute Gasteiger partial charge is 0.340 e. The van der Waals surface area contributed by atoms with E-state index in [1.54, 1.807) is 24.3 Å². The number of hydrogen-bond acceptors (Lipinski definition) is 2. The molecule has 1 N–H and O–H groups in total. The van der Waals surface area contributed by atoms with E-state index in [0.717, 1.165) is 17.0 Å². The summed E-state index contributed by atoms with van der Waals surface area (Å²) >= 11 is 11.8. The van der Waals surface area contributed by atoms with Gasteiger partial charge in [-0.2, -0.15) is 18.3 Å². The minimum absolute atomic E-state index is 0.280. The second-order valence-electron chi connectivity index (χ2n) is 6.13. The van der Waals surface area contributed by atoms with Crippen LogP contribution in [0.15, 0.2) is 48.7 Å². The summed E-state index contributed by atoms with van der Waals surface area (Å²) in [5, 5.41) is 3.44. The highest BCUT2D eigenvalue weighted by molar-refractivity contribution is 6.30. The number of alkyl halides is 5. The second kappa shape index (κ2) is 7.25. The number of nitrogens with zero attached hydrogens (tertiary/aromatic N) is 2. The number of carbonyl (C=O) groups is 1. The molecule has 0 saturated heterocycles. The van der Waals surface area contributed by atoms with Gasteiger partial charge < -0.3 is 5.32 Å². The van der Waals surface area contributed by atoms with Crippen LogP contribution in [0.4, 0.5) is 17.6 Å². The first-order valence-corrected chi connectivity index (χ1v) is 8.69. The Kier molecular flexibility index (Phi) is 5.29. The van der Waals surface area contributed by atoms with Crippen molar-refractivity contribution in [3.8, 4) is 0 Å². The lowest BCUT2D eigenvalue weighted by Gasteiger charge is -2.31. The van der Waals surface area contributed by atoms with Crippen molar-refractivity contribution in [2.24, 2.45) is 7.05 Å². The topological polar surface area (TPSA) is 46.9 Å². The van der Waals surface area contributed by atoms with Gasteiger partial charge in [0.1, 0.15) is 6.04 Å². The van der Waals surface area contributed by atoms with E-state index in [-0.39, 0.29) is 5.57 Å².